The molecule has 1 heterocycles. The highest BCUT2D eigenvalue weighted by atomic mass is 127. The SMILES string of the molecule is CCOc1nn(C)c(C)c1SI. The van der Waals surface area contributed by atoms with Gasteiger partial charge in [-0.2, -0.15) is 0 Å². The van der Waals surface area contributed by atoms with Crippen molar-refractivity contribution in [3.8, 4) is 5.88 Å². The lowest BCUT2D eigenvalue weighted by molar-refractivity contribution is 0.316. The van der Waals surface area contributed by atoms with Crippen LogP contribution >= 0.6 is 30.1 Å². The molecule has 0 saturated carbocycles. The summed E-state index contributed by atoms with van der Waals surface area (Å²) in [5.74, 6) is 0.747. The summed E-state index contributed by atoms with van der Waals surface area (Å²) in [5.41, 5.74) is 1.15. The van der Waals surface area contributed by atoms with Crippen molar-refractivity contribution in [2.75, 3.05) is 6.61 Å². The Morgan fingerprint density at radius 2 is 2.33 bits per heavy atom. The van der Waals surface area contributed by atoms with Crippen LogP contribution in [-0.2, 0) is 7.05 Å². The van der Waals surface area contributed by atoms with E-state index in [1.807, 2.05) is 25.6 Å². The van der Waals surface area contributed by atoms with Crippen LogP contribution < -0.4 is 4.74 Å². The van der Waals surface area contributed by atoms with E-state index in [-0.39, 0.29) is 0 Å². The number of halogens is 1. The van der Waals surface area contributed by atoms with Crippen LogP contribution in [0.25, 0.3) is 0 Å². The van der Waals surface area contributed by atoms with Gasteiger partial charge in [0.1, 0.15) is 4.90 Å². The van der Waals surface area contributed by atoms with Gasteiger partial charge in [0.05, 0.1) is 12.3 Å². The summed E-state index contributed by atoms with van der Waals surface area (Å²) < 4.78 is 7.21. The zero-order chi connectivity index (χ0) is 9.14. The summed E-state index contributed by atoms with van der Waals surface area (Å²) in [6.45, 7) is 4.67. The molecule has 0 aliphatic heterocycles. The molecule has 0 amide bonds. The number of hydrogen-bond donors (Lipinski definition) is 0. The van der Waals surface area contributed by atoms with Gasteiger partial charge in [0, 0.05) is 28.3 Å². The third-order valence-electron chi connectivity index (χ3n) is 1.61. The number of nitrogens with zero attached hydrogens (tertiary/aromatic N) is 2. The number of ether oxygens (including phenoxy) is 1. The van der Waals surface area contributed by atoms with Crippen LogP contribution in [-0.4, -0.2) is 16.4 Å². The summed E-state index contributed by atoms with van der Waals surface area (Å²) in [7, 11) is 3.57. The molecule has 0 N–H and O–H groups in total. The molecule has 0 saturated heterocycles. The molecule has 0 unspecified atom stereocenters. The minimum Gasteiger partial charge on any atom is -0.476 e. The van der Waals surface area contributed by atoms with E-state index in [1.165, 1.54) is 0 Å². The average Bonchev–Trinajstić information content (AvgIpc) is 2.29. The van der Waals surface area contributed by atoms with Crippen molar-refractivity contribution in [3.63, 3.8) is 0 Å². The molecule has 0 atom stereocenters. The number of rotatable bonds is 3. The van der Waals surface area contributed by atoms with Gasteiger partial charge in [-0.1, -0.05) is 0 Å². The lowest BCUT2D eigenvalue weighted by atomic mass is 10.5. The van der Waals surface area contributed by atoms with Gasteiger partial charge < -0.3 is 4.74 Å². The second-order valence-corrected chi connectivity index (χ2v) is 4.24. The predicted octanol–water partition coefficient (Wildman–Crippen LogP) is 2.57. The van der Waals surface area contributed by atoms with Crippen LogP contribution in [0.1, 0.15) is 12.6 Å². The Balaban J connectivity index is 3.02. The van der Waals surface area contributed by atoms with Crippen LogP contribution in [0.4, 0.5) is 0 Å². The minimum absolute atomic E-state index is 0.667. The zero-order valence-corrected chi connectivity index (χ0v) is 10.3. The molecular weight excluding hydrogens is 287 g/mol. The van der Waals surface area contributed by atoms with Crippen LogP contribution in [0, 0.1) is 6.92 Å². The summed E-state index contributed by atoms with van der Waals surface area (Å²) in [6, 6.07) is 0. The predicted molar refractivity (Wildman–Crippen MR) is 59.0 cm³/mol. The molecule has 0 bridgehead atoms. The molecule has 0 radical (unpaired) electrons. The maximum Gasteiger partial charge on any atom is 0.247 e. The fraction of sp³-hybridized carbons (Fsp3) is 0.571. The minimum atomic E-state index is 0.667. The van der Waals surface area contributed by atoms with Gasteiger partial charge in [0.25, 0.3) is 0 Å². The van der Waals surface area contributed by atoms with E-state index < -0.39 is 0 Å². The van der Waals surface area contributed by atoms with Crippen molar-refractivity contribution in [2.24, 2.45) is 7.05 Å². The molecular formula is C7H11IN2OS. The molecule has 3 nitrogen and oxygen atoms in total. The normalized spacial score (nSPS) is 10.3. The lowest BCUT2D eigenvalue weighted by Gasteiger charge is -1.98. The van der Waals surface area contributed by atoms with Gasteiger partial charge in [-0.25, -0.2) is 0 Å². The molecule has 68 valence electrons. The van der Waals surface area contributed by atoms with Gasteiger partial charge in [-0.05, 0) is 22.8 Å². The van der Waals surface area contributed by atoms with Crippen molar-refractivity contribution < 1.29 is 4.74 Å². The summed E-state index contributed by atoms with van der Waals surface area (Å²) in [4.78, 5) is 1.12. The van der Waals surface area contributed by atoms with Gasteiger partial charge in [0.2, 0.25) is 5.88 Å². The Morgan fingerprint density at radius 1 is 1.67 bits per heavy atom. The van der Waals surface area contributed by atoms with Gasteiger partial charge in [-0.3, -0.25) is 4.68 Å². The van der Waals surface area contributed by atoms with Crippen molar-refractivity contribution in [3.05, 3.63) is 5.69 Å². The topological polar surface area (TPSA) is 27.1 Å². The molecule has 1 rings (SSSR count). The first-order chi connectivity index (χ1) is 5.70. The molecule has 12 heavy (non-hydrogen) atoms. The first kappa shape index (κ1) is 10.2. The fourth-order valence-corrected chi connectivity index (χ4v) is 2.81. The molecule has 0 aromatic carbocycles. The zero-order valence-electron chi connectivity index (χ0n) is 7.30. The number of aromatic nitrogens is 2. The Kier molecular flexibility index (Phi) is 3.70. The summed E-state index contributed by atoms with van der Waals surface area (Å²) in [5, 5.41) is 4.24. The molecule has 0 spiro atoms. The molecule has 0 aliphatic rings. The largest absolute Gasteiger partial charge is 0.476 e. The molecule has 5 heteroatoms. The second-order valence-electron chi connectivity index (χ2n) is 2.35. The van der Waals surface area contributed by atoms with Crippen molar-refractivity contribution in [2.45, 2.75) is 18.7 Å². The van der Waals surface area contributed by atoms with Gasteiger partial charge in [-0.15, -0.1) is 5.10 Å². The van der Waals surface area contributed by atoms with E-state index in [0.717, 1.165) is 16.5 Å². The van der Waals surface area contributed by atoms with Crippen LogP contribution in [0.3, 0.4) is 0 Å². The Morgan fingerprint density at radius 3 is 2.83 bits per heavy atom. The van der Waals surface area contributed by atoms with Crippen LogP contribution in [0.2, 0.25) is 0 Å². The highest BCUT2D eigenvalue weighted by Gasteiger charge is 2.12. The Bertz CT molecular complexity index is 275. The first-order valence-electron chi connectivity index (χ1n) is 3.65. The van der Waals surface area contributed by atoms with E-state index in [9.17, 15) is 0 Å². The van der Waals surface area contributed by atoms with E-state index >= 15 is 0 Å². The molecule has 1 aromatic heterocycles. The van der Waals surface area contributed by atoms with E-state index in [2.05, 4.69) is 26.3 Å². The van der Waals surface area contributed by atoms with E-state index in [4.69, 9.17) is 4.74 Å². The fourth-order valence-electron chi connectivity index (χ4n) is 0.878. The average molecular weight is 298 g/mol. The second kappa shape index (κ2) is 4.36. The van der Waals surface area contributed by atoms with E-state index in [0.29, 0.717) is 6.61 Å². The smallest absolute Gasteiger partial charge is 0.247 e. The standard InChI is InChI=1S/C7H11IN2OS/c1-4-11-7-6(12-8)5(2)10(3)9-7/h4H2,1-3H3. The summed E-state index contributed by atoms with van der Waals surface area (Å²) >= 11 is 2.24. The van der Waals surface area contributed by atoms with Crippen molar-refractivity contribution >= 4 is 30.1 Å². The van der Waals surface area contributed by atoms with Gasteiger partial charge >= 0.3 is 0 Å². The summed E-state index contributed by atoms with van der Waals surface area (Å²) in [6.07, 6.45) is 0. The van der Waals surface area contributed by atoms with E-state index in [1.54, 1.807) is 8.93 Å². The molecule has 1 aromatic rings. The highest BCUT2D eigenvalue weighted by Crippen LogP contribution is 2.35. The van der Waals surface area contributed by atoms with Crippen LogP contribution in [0.5, 0.6) is 5.88 Å². The number of aryl methyl sites for hydroxylation is 1. The molecule has 0 aliphatic carbocycles. The Hall–Kier alpha value is 0.0900. The third-order valence-corrected chi connectivity index (χ3v) is 3.55. The maximum absolute atomic E-state index is 5.37. The maximum atomic E-state index is 5.37. The third kappa shape index (κ3) is 1.87. The van der Waals surface area contributed by atoms with Crippen molar-refractivity contribution in [1.82, 2.24) is 9.78 Å². The molecule has 0 fully saturated rings. The van der Waals surface area contributed by atoms with Crippen LogP contribution in [0.15, 0.2) is 4.90 Å². The van der Waals surface area contributed by atoms with Crippen molar-refractivity contribution in [1.29, 1.82) is 0 Å². The Labute approximate surface area is 88.4 Å². The van der Waals surface area contributed by atoms with Gasteiger partial charge in [0.15, 0.2) is 0 Å². The quantitative estimate of drug-likeness (QED) is 0.803. The number of hydrogen-bond acceptors (Lipinski definition) is 3. The monoisotopic (exact) mass is 298 g/mol. The first-order valence-corrected chi connectivity index (χ1v) is 7.01. The highest BCUT2D eigenvalue weighted by molar-refractivity contribution is 14.2. The lowest BCUT2D eigenvalue weighted by Crippen LogP contribution is -1.95.